The fraction of sp³-hybridized carbons (Fsp3) is 0.571. The second-order valence-electron chi connectivity index (χ2n) is 1.88. The maximum Gasteiger partial charge on any atom is 0.0831 e. The van der Waals surface area contributed by atoms with Crippen LogP contribution in [-0.4, -0.2) is 6.01 Å². The molecule has 0 heterocycles. The van der Waals surface area contributed by atoms with Gasteiger partial charge in [0, 0.05) is 0 Å². The van der Waals surface area contributed by atoms with Crippen LogP contribution >= 0.6 is 0 Å². The molecule has 1 aliphatic rings. The lowest BCUT2D eigenvalue weighted by Crippen LogP contribution is -1.77. The van der Waals surface area contributed by atoms with E-state index in [2.05, 4.69) is 12.2 Å². The standard InChI is InChI=1S/C6H10.CH2N2/c1-2-4-6-5-3-1;2-1-3/h1-2H,3-6H2;2-3H. The topological polar surface area (TPSA) is 47.7 Å². The SMILES string of the molecule is C1=CCCCC1.N=C=N. The van der Waals surface area contributed by atoms with Gasteiger partial charge in [0.1, 0.15) is 0 Å². The zero-order chi connectivity index (χ0) is 6.95. The van der Waals surface area contributed by atoms with Crippen LogP contribution in [0.3, 0.4) is 0 Å². The van der Waals surface area contributed by atoms with Crippen LogP contribution < -0.4 is 0 Å². The molecule has 0 aliphatic heterocycles. The van der Waals surface area contributed by atoms with Crippen LogP contribution in [0.4, 0.5) is 0 Å². The Kier molecular flexibility index (Phi) is 6.42. The minimum Gasteiger partial charge on any atom is -0.242 e. The molecule has 0 spiro atoms. The Morgan fingerprint density at radius 1 is 1.00 bits per heavy atom. The highest BCUT2D eigenvalue weighted by Gasteiger charge is 1.87. The van der Waals surface area contributed by atoms with E-state index < -0.39 is 0 Å². The maximum absolute atomic E-state index is 5.62. The van der Waals surface area contributed by atoms with Gasteiger partial charge in [0.15, 0.2) is 0 Å². The first kappa shape index (κ1) is 8.12. The third kappa shape index (κ3) is 7.12. The summed E-state index contributed by atoms with van der Waals surface area (Å²) in [6.45, 7) is 0. The third-order valence-corrected chi connectivity index (χ3v) is 1.16. The van der Waals surface area contributed by atoms with E-state index in [0.717, 1.165) is 0 Å². The normalized spacial score (nSPS) is 15.1. The van der Waals surface area contributed by atoms with Crippen molar-refractivity contribution in [3.8, 4) is 0 Å². The molecule has 0 aromatic carbocycles. The molecule has 2 heteroatoms. The quantitative estimate of drug-likeness (QED) is 0.368. The lowest BCUT2D eigenvalue weighted by molar-refractivity contribution is 0.730. The third-order valence-electron chi connectivity index (χ3n) is 1.16. The summed E-state index contributed by atoms with van der Waals surface area (Å²) in [4.78, 5) is 0. The largest absolute Gasteiger partial charge is 0.242 e. The summed E-state index contributed by atoms with van der Waals surface area (Å²) < 4.78 is 0. The molecule has 0 radical (unpaired) electrons. The Morgan fingerprint density at radius 3 is 1.44 bits per heavy atom. The first-order valence-corrected chi connectivity index (χ1v) is 3.15. The van der Waals surface area contributed by atoms with Gasteiger partial charge in [-0.25, -0.2) is 10.8 Å². The van der Waals surface area contributed by atoms with Crippen molar-refractivity contribution in [2.24, 2.45) is 0 Å². The molecule has 2 N–H and O–H groups in total. The van der Waals surface area contributed by atoms with Crippen LogP contribution in [0.1, 0.15) is 25.7 Å². The fourth-order valence-corrected chi connectivity index (χ4v) is 0.760. The van der Waals surface area contributed by atoms with E-state index in [1.54, 1.807) is 0 Å². The summed E-state index contributed by atoms with van der Waals surface area (Å²) in [5.74, 6) is 0. The molecule has 0 unspecified atom stereocenters. The summed E-state index contributed by atoms with van der Waals surface area (Å²) in [6, 6.07) is 1.25. The van der Waals surface area contributed by atoms with Crippen molar-refractivity contribution in [2.75, 3.05) is 0 Å². The molecule has 0 saturated heterocycles. The number of nitrogens with one attached hydrogen (secondary N) is 2. The van der Waals surface area contributed by atoms with Crippen LogP contribution in [0.25, 0.3) is 0 Å². The molecule has 1 aliphatic carbocycles. The highest BCUT2D eigenvalue weighted by atomic mass is 14.4. The van der Waals surface area contributed by atoms with Crippen molar-refractivity contribution in [1.29, 1.82) is 10.8 Å². The van der Waals surface area contributed by atoms with Crippen molar-refractivity contribution in [3.05, 3.63) is 12.2 Å². The predicted molar refractivity (Wildman–Crippen MR) is 38.1 cm³/mol. The molecule has 0 aromatic rings. The predicted octanol–water partition coefficient (Wildman–Crippen LogP) is 2.43. The lowest BCUT2D eigenvalue weighted by Gasteiger charge is -1.97. The van der Waals surface area contributed by atoms with Gasteiger partial charge in [-0.1, -0.05) is 12.2 Å². The van der Waals surface area contributed by atoms with Gasteiger partial charge >= 0.3 is 0 Å². The summed E-state index contributed by atoms with van der Waals surface area (Å²) >= 11 is 0. The first-order chi connectivity index (χ1) is 4.41. The molecule has 0 amide bonds. The highest BCUT2D eigenvalue weighted by Crippen LogP contribution is 2.07. The Balaban J connectivity index is 0.000000187. The van der Waals surface area contributed by atoms with Gasteiger partial charge in [-0.05, 0) is 25.7 Å². The molecule has 0 saturated carbocycles. The van der Waals surface area contributed by atoms with Crippen molar-refractivity contribution >= 4 is 6.01 Å². The number of allylic oxidation sites excluding steroid dienone is 2. The zero-order valence-corrected chi connectivity index (χ0v) is 5.48. The van der Waals surface area contributed by atoms with E-state index >= 15 is 0 Å². The van der Waals surface area contributed by atoms with Gasteiger partial charge in [-0.2, -0.15) is 0 Å². The van der Waals surface area contributed by atoms with Gasteiger partial charge in [-0.3, -0.25) is 0 Å². The molecule has 9 heavy (non-hydrogen) atoms. The summed E-state index contributed by atoms with van der Waals surface area (Å²) in [6.07, 6.45) is 10.0. The molecule has 2 nitrogen and oxygen atoms in total. The maximum atomic E-state index is 5.62. The molecule has 0 bridgehead atoms. The summed E-state index contributed by atoms with van der Waals surface area (Å²) in [5.41, 5.74) is 0. The van der Waals surface area contributed by atoms with E-state index in [9.17, 15) is 0 Å². The van der Waals surface area contributed by atoms with E-state index in [4.69, 9.17) is 10.8 Å². The molecule has 1 rings (SSSR count). The smallest absolute Gasteiger partial charge is 0.0831 e. The van der Waals surface area contributed by atoms with Crippen LogP contribution in [-0.2, 0) is 0 Å². The van der Waals surface area contributed by atoms with Gasteiger partial charge in [0.25, 0.3) is 0 Å². The lowest BCUT2D eigenvalue weighted by atomic mass is 10.1. The van der Waals surface area contributed by atoms with E-state index in [1.165, 1.54) is 31.7 Å². The van der Waals surface area contributed by atoms with Gasteiger partial charge in [-0.15, -0.1) is 0 Å². The Labute approximate surface area is 55.6 Å². The second kappa shape index (κ2) is 7.12. The minimum atomic E-state index is 1.25. The Morgan fingerprint density at radius 2 is 1.33 bits per heavy atom. The average Bonchev–Trinajstić information content (AvgIpc) is 1.93. The van der Waals surface area contributed by atoms with Gasteiger partial charge in [0.05, 0.1) is 6.01 Å². The van der Waals surface area contributed by atoms with E-state index in [1.807, 2.05) is 0 Å². The van der Waals surface area contributed by atoms with Gasteiger partial charge < -0.3 is 0 Å². The molecule has 50 valence electrons. The Bertz CT molecular complexity index is 102. The van der Waals surface area contributed by atoms with Gasteiger partial charge in [0.2, 0.25) is 0 Å². The number of hydrogen-bond donors (Lipinski definition) is 2. The van der Waals surface area contributed by atoms with Crippen LogP contribution in [0.2, 0.25) is 0 Å². The van der Waals surface area contributed by atoms with Crippen LogP contribution in [0.5, 0.6) is 0 Å². The van der Waals surface area contributed by atoms with Crippen molar-refractivity contribution in [3.63, 3.8) is 0 Å². The van der Waals surface area contributed by atoms with Crippen molar-refractivity contribution in [2.45, 2.75) is 25.7 Å². The molecular formula is C7H12N2. The summed E-state index contributed by atoms with van der Waals surface area (Å²) in [7, 11) is 0. The number of rotatable bonds is 0. The van der Waals surface area contributed by atoms with Crippen LogP contribution in [0, 0.1) is 10.8 Å². The highest BCUT2D eigenvalue weighted by molar-refractivity contribution is 5.29. The van der Waals surface area contributed by atoms with Crippen molar-refractivity contribution < 1.29 is 0 Å². The Hall–Kier alpha value is -0.880. The molecule has 0 fully saturated rings. The molecule has 0 atom stereocenters. The summed E-state index contributed by atoms with van der Waals surface area (Å²) in [5, 5.41) is 11.2. The van der Waals surface area contributed by atoms with E-state index in [0.29, 0.717) is 0 Å². The van der Waals surface area contributed by atoms with E-state index in [-0.39, 0.29) is 0 Å². The second-order valence-corrected chi connectivity index (χ2v) is 1.88. The van der Waals surface area contributed by atoms with Crippen molar-refractivity contribution in [1.82, 2.24) is 0 Å². The average molecular weight is 124 g/mol. The zero-order valence-electron chi connectivity index (χ0n) is 5.48. The minimum absolute atomic E-state index is 1.25. The molecular weight excluding hydrogens is 112 g/mol. The first-order valence-electron chi connectivity index (χ1n) is 3.15. The number of hydrogen-bond acceptors (Lipinski definition) is 2. The fourth-order valence-electron chi connectivity index (χ4n) is 0.760. The molecule has 0 aromatic heterocycles. The monoisotopic (exact) mass is 124 g/mol. The van der Waals surface area contributed by atoms with Crippen LogP contribution in [0.15, 0.2) is 12.2 Å².